The summed E-state index contributed by atoms with van der Waals surface area (Å²) in [6, 6.07) is 8.36. The number of hydrogen-bond donors (Lipinski definition) is 1. The van der Waals surface area contributed by atoms with Crippen LogP contribution in [0.25, 0.3) is 11.0 Å². The first-order chi connectivity index (χ1) is 9.80. The van der Waals surface area contributed by atoms with Crippen LogP contribution in [-0.2, 0) is 13.1 Å². The summed E-state index contributed by atoms with van der Waals surface area (Å²) in [5.41, 5.74) is 2.35. The van der Waals surface area contributed by atoms with Crippen LogP contribution in [0.3, 0.4) is 0 Å². The van der Waals surface area contributed by atoms with E-state index in [1.807, 2.05) is 6.07 Å². The van der Waals surface area contributed by atoms with Crippen molar-refractivity contribution >= 4 is 11.0 Å². The summed E-state index contributed by atoms with van der Waals surface area (Å²) in [6.07, 6.45) is 1.19. The number of fused-ring (bicyclic) bond motifs is 1. The average Bonchev–Trinajstić information content (AvgIpc) is 2.82. The molecule has 0 unspecified atom stereocenters. The average molecular weight is 274 g/mol. The van der Waals surface area contributed by atoms with Gasteiger partial charge in [-0.2, -0.15) is 0 Å². The third-order valence-corrected chi connectivity index (χ3v) is 3.69. The quantitative estimate of drug-likeness (QED) is 0.794. The Kier molecular flexibility index (Phi) is 5.62. The number of rotatable bonds is 8. The number of nitrogens with one attached hydrogen (secondary N) is 1. The molecule has 3 heteroatoms. The van der Waals surface area contributed by atoms with E-state index in [1.54, 1.807) is 0 Å². The molecular formula is C17H26N2O. The van der Waals surface area contributed by atoms with E-state index in [9.17, 15) is 0 Å². The van der Waals surface area contributed by atoms with Gasteiger partial charge in [0.05, 0.1) is 6.54 Å². The summed E-state index contributed by atoms with van der Waals surface area (Å²) >= 11 is 0. The Morgan fingerprint density at radius 1 is 1.15 bits per heavy atom. The minimum Gasteiger partial charge on any atom is -0.459 e. The van der Waals surface area contributed by atoms with Crippen LogP contribution in [0.1, 0.15) is 38.5 Å². The number of furan rings is 1. The molecule has 0 atom stereocenters. The summed E-state index contributed by atoms with van der Waals surface area (Å²) in [5, 5.41) is 4.64. The molecule has 0 radical (unpaired) electrons. The molecule has 20 heavy (non-hydrogen) atoms. The third kappa shape index (κ3) is 3.41. The molecule has 2 rings (SSSR count). The van der Waals surface area contributed by atoms with Gasteiger partial charge >= 0.3 is 0 Å². The van der Waals surface area contributed by atoms with E-state index in [4.69, 9.17) is 4.42 Å². The Labute approximate surface area is 122 Å². The Bertz CT molecular complexity index is 533. The van der Waals surface area contributed by atoms with E-state index in [0.717, 1.165) is 44.1 Å². The zero-order valence-electron chi connectivity index (χ0n) is 12.9. The molecule has 2 aromatic rings. The first kappa shape index (κ1) is 15.1. The van der Waals surface area contributed by atoms with Crippen molar-refractivity contribution in [1.29, 1.82) is 0 Å². The van der Waals surface area contributed by atoms with E-state index >= 15 is 0 Å². The second kappa shape index (κ2) is 7.46. The largest absolute Gasteiger partial charge is 0.459 e. The molecule has 0 saturated heterocycles. The van der Waals surface area contributed by atoms with Crippen LogP contribution in [0.5, 0.6) is 0 Å². The minimum atomic E-state index is 0.810. The maximum Gasteiger partial charge on any atom is 0.134 e. The molecule has 0 fully saturated rings. The van der Waals surface area contributed by atoms with Crippen LogP contribution in [0, 0.1) is 0 Å². The van der Waals surface area contributed by atoms with Crippen molar-refractivity contribution in [2.75, 3.05) is 19.6 Å². The molecule has 0 spiro atoms. The molecule has 1 N–H and O–H groups in total. The summed E-state index contributed by atoms with van der Waals surface area (Å²) in [5.74, 6) is 1.09. The highest BCUT2D eigenvalue weighted by molar-refractivity contribution is 5.82. The summed E-state index contributed by atoms with van der Waals surface area (Å²) in [6.45, 7) is 11.5. The van der Waals surface area contributed by atoms with Gasteiger partial charge in [-0.15, -0.1) is 0 Å². The van der Waals surface area contributed by atoms with Crippen molar-refractivity contribution in [3.8, 4) is 0 Å². The first-order valence-corrected chi connectivity index (χ1v) is 7.72. The summed E-state index contributed by atoms with van der Waals surface area (Å²) in [7, 11) is 0. The lowest BCUT2D eigenvalue weighted by Crippen LogP contribution is -2.24. The predicted molar refractivity (Wildman–Crippen MR) is 84.8 cm³/mol. The number of hydrogen-bond acceptors (Lipinski definition) is 3. The lowest BCUT2D eigenvalue weighted by Gasteiger charge is -2.19. The molecular weight excluding hydrogens is 248 g/mol. The van der Waals surface area contributed by atoms with Crippen LogP contribution in [0.2, 0.25) is 0 Å². The van der Waals surface area contributed by atoms with E-state index in [2.05, 4.69) is 49.2 Å². The van der Waals surface area contributed by atoms with Gasteiger partial charge in [0.1, 0.15) is 11.3 Å². The minimum absolute atomic E-state index is 0.810. The van der Waals surface area contributed by atoms with Gasteiger partial charge in [0, 0.05) is 17.5 Å². The van der Waals surface area contributed by atoms with Crippen LogP contribution in [0.15, 0.2) is 28.7 Å². The SMILES string of the molecule is CCCN(CC)Cc1c(CNCC)oc2ccccc12. The van der Waals surface area contributed by atoms with Crippen LogP contribution < -0.4 is 5.32 Å². The second-order valence-corrected chi connectivity index (χ2v) is 5.15. The normalized spacial score (nSPS) is 11.6. The Morgan fingerprint density at radius 3 is 2.65 bits per heavy atom. The molecule has 1 aromatic heterocycles. The smallest absolute Gasteiger partial charge is 0.134 e. The lowest BCUT2D eigenvalue weighted by molar-refractivity contribution is 0.278. The van der Waals surface area contributed by atoms with E-state index in [1.165, 1.54) is 17.4 Å². The van der Waals surface area contributed by atoms with Gasteiger partial charge in [-0.1, -0.05) is 39.0 Å². The fourth-order valence-electron chi connectivity index (χ4n) is 2.59. The zero-order valence-corrected chi connectivity index (χ0v) is 12.9. The highest BCUT2D eigenvalue weighted by Gasteiger charge is 2.15. The van der Waals surface area contributed by atoms with Crippen molar-refractivity contribution in [3.05, 3.63) is 35.6 Å². The van der Waals surface area contributed by atoms with Gasteiger partial charge in [-0.25, -0.2) is 0 Å². The van der Waals surface area contributed by atoms with E-state index < -0.39 is 0 Å². The number of nitrogens with zero attached hydrogens (tertiary/aromatic N) is 1. The molecule has 3 nitrogen and oxygen atoms in total. The van der Waals surface area contributed by atoms with E-state index in [-0.39, 0.29) is 0 Å². The molecule has 0 aliphatic heterocycles. The van der Waals surface area contributed by atoms with Crippen LogP contribution >= 0.6 is 0 Å². The van der Waals surface area contributed by atoms with Crippen molar-refractivity contribution in [2.24, 2.45) is 0 Å². The topological polar surface area (TPSA) is 28.4 Å². The fourth-order valence-corrected chi connectivity index (χ4v) is 2.59. The van der Waals surface area contributed by atoms with Gasteiger partial charge in [0.15, 0.2) is 0 Å². The Balaban J connectivity index is 2.31. The van der Waals surface area contributed by atoms with E-state index in [0.29, 0.717) is 0 Å². The Morgan fingerprint density at radius 2 is 1.95 bits per heavy atom. The fraction of sp³-hybridized carbons (Fsp3) is 0.529. The van der Waals surface area contributed by atoms with Crippen molar-refractivity contribution in [1.82, 2.24) is 10.2 Å². The predicted octanol–water partition coefficient (Wildman–Crippen LogP) is 3.77. The summed E-state index contributed by atoms with van der Waals surface area (Å²) in [4.78, 5) is 2.48. The molecule has 0 aliphatic carbocycles. The maximum absolute atomic E-state index is 6.04. The molecule has 0 saturated carbocycles. The first-order valence-electron chi connectivity index (χ1n) is 7.72. The van der Waals surface area contributed by atoms with Gasteiger partial charge in [-0.05, 0) is 32.1 Å². The zero-order chi connectivity index (χ0) is 14.4. The maximum atomic E-state index is 6.04. The summed E-state index contributed by atoms with van der Waals surface area (Å²) < 4.78 is 6.04. The Hall–Kier alpha value is -1.32. The third-order valence-electron chi connectivity index (χ3n) is 3.69. The highest BCUT2D eigenvalue weighted by atomic mass is 16.3. The monoisotopic (exact) mass is 274 g/mol. The van der Waals surface area contributed by atoms with Crippen molar-refractivity contribution in [2.45, 2.75) is 40.3 Å². The molecule has 0 bridgehead atoms. The molecule has 0 aliphatic rings. The van der Waals surface area contributed by atoms with Gasteiger partial charge < -0.3 is 9.73 Å². The number of benzene rings is 1. The van der Waals surface area contributed by atoms with Gasteiger partial charge in [0.2, 0.25) is 0 Å². The van der Waals surface area contributed by atoms with Crippen LogP contribution in [0.4, 0.5) is 0 Å². The molecule has 1 heterocycles. The standard InChI is InChI=1S/C17H26N2O/c1-4-11-19(6-3)13-15-14-9-7-8-10-16(14)20-17(15)12-18-5-2/h7-10,18H,4-6,11-13H2,1-3H3. The van der Waals surface area contributed by atoms with Gasteiger partial charge in [-0.3, -0.25) is 4.90 Å². The molecule has 0 amide bonds. The lowest BCUT2D eigenvalue weighted by atomic mass is 10.1. The molecule has 110 valence electrons. The van der Waals surface area contributed by atoms with Gasteiger partial charge in [0.25, 0.3) is 0 Å². The van der Waals surface area contributed by atoms with Crippen molar-refractivity contribution in [3.63, 3.8) is 0 Å². The second-order valence-electron chi connectivity index (χ2n) is 5.15. The number of para-hydroxylation sites is 1. The molecule has 1 aromatic carbocycles. The highest BCUT2D eigenvalue weighted by Crippen LogP contribution is 2.27. The van der Waals surface area contributed by atoms with Crippen molar-refractivity contribution < 1.29 is 4.42 Å². The van der Waals surface area contributed by atoms with Crippen LogP contribution in [-0.4, -0.2) is 24.5 Å².